The molecule has 0 atom stereocenters. The molecule has 3 aromatic rings. The van der Waals surface area contributed by atoms with E-state index in [0.717, 1.165) is 5.56 Å². The maximum absolute atomic E-state index is 9.25. The van der Waals surface area contributed by atoms with Gasteiger partial charge in [0.25, 0.3) is 0 Å². The van der Waals surface area contributed by atoms with E-state index in [-0.39, 0.29) is 5.75 Å². The predicted octanol–water partition coefficient (Wildman–Crippen LogP) is 1.98. The molecule has 0 aliphatic rings. The highest BCUT2D eigenvalue weighted by atomic mass is 16.3. The number of pyridine rings is 1. The van der Waals surface area contributed by atoms with Gasteiger partial charge in [-0.3, -0.25) is 4.98 Å². The number of hydrogen-bond acceptors (Lipinski definition) is 5. The van der Waals surface area contributed by atoms with Crippen molar-refractivity contribution < 1.29 is 5.11 Å². The first-order valence-electron chi connectivity index (χ1n) is 5.41. The van der Waals surface area contributed by atoms with Gasteiger partial charge < -0.3 is 10.8 Å². The molecule has 2 heterocycles. The number of hydrogen-bond donors (Lipinski definition) is 2. The Labute approximate surface area is 103 Å². The molecule has 1 aromatic carbocycles. The highest BCUT2D eigenvalue weighted by molar-refractivity contribution is 5.74. The largest absolute Gasteiger partial charge is 0.508 e. The van der Waals surface area contributed by atoms with Gasteiger partial charge in [-0.2, -0.15) is 0 Å². The molecule has 0 bridgehead atoms. The topological polar surface area (TPSA) is 84.9 Å². The number of rotatable bonds is 1. The Morgan fingerprint density at radius 2 is 1.72 bits per heavy atom. The number of nitrogens with zero attached hydrogens (tertiary/aromatic N) is 3. The normalized spacial score (nSPS) is 10.7. The van der Waals surface area contributed by atoms with Gasteiger partial charge in [0.2, 0.25) is 0 Å². The van der Waals surface area contributed by atoms with Crippen LogP contribution in [0.2, 0.25) is 0 Å². The number of fused-ring (bicyclic) bond motifs is 1. The van der Waals surface area contributed by atoms with Crippen LogP contribution in [0.4, 0.5) is 5.82 Å². The SMILES string of the molecule is Nc1ccc2ncc(-c3ccc(O)cc3)nc2n1. The van der Waals surface area contributed by atoms with Crippen molar-refractivity contribution in [2.75, 3.05) is 5.73 Å². The number of nitrogens with two attached hydrogens (primary N) is 1. The summed E-state index contributed by atoms with van der Waals surface area (Å²) < 4.78 is 0. The first-order chi connectivity index (χ1) is 8.72. The third-order valence-corrected chi connectivity index (χ3v) is 2.59. The van der Waals surface area contributed by atoms with E-state index in [2.05, 4.69) is 15.0 Å². The third-order valence-electron chi connectivity index (χ3n) is 2.59. The summed E-state index contributed by atoms with van der Waals surface area (Å²) in [5.41, 5.74) is 8.40. The van der Waals surface area contributed by atoms with Gasteiger partial charge in [-0.25, -0.2) is 9.97 Å². The maximum atomic E-state index is 9.25. The summed E-state index contributed by atoms with van der Waals surface area (Å²) in [6.07, 6.45) is 1.67. The number of benzene rings is 1. The highest BCUT2D eigenvalue weighted by Gasteiger charge is 2.04. The highest BCUT2D eigenvalue weighted by Crippen LogP contribution is 2.21. The first-order valence-corrected chi connectivity index (χ1v) is 5.41. The maximum Gasteiger partial charge on any atom is 0.180 e. The van der Waals surface area contributed by atoms with E-state index in [1.54, 1.807) is 42.6 Å². The zero-order valence-corrected chi connectivity index (χ0v) is 9.41. The minimum Gasteiger partial charge on any atom is -0.508 e. The molecule has 18 heavy (non-hydrogen) atoms. The minimum atomic E-state index is 0.217. The van der Waals surface area contributed by atoms with Crippen molar-refractivity contribution in [3.05, 3.63) is 42.6 Å². The average Bonchev–Trinajstić information content (AvgIpc) is 2.38. The minimum absolute atomic E-state index is 0.217. The molecule has 0 saturated heterocycles. The summed E-state index contributed by atoms with van der Waals surface area (Å²) >= 11 is 0. The van der Waals surface area contributed by atoms with Crippen LogP contribution in [0.15, 0.2) is 42.6 Å². The van der Waals surface area contributed by atoms with Gasteiger partial charge in [-0.1, -0.05) is 0 Å². The number of phenolic OH excluding ortho intramolecular Hbond substituents is 1. The van der Waals surface area contributed by atoms with Crippen molar-refractivity contribution in [1.82, 2.24) is 15.0 Å². The number of aromatic hydroxyl groups is 1. The lowest BCUT2D eigenvalue weighted by Gasteiger charge is -2.02. The summed E-state index contributed by atoms with van der Waals surface area (Å²) in [4.78, 5) is 12.8. The van der Waals surface area contributed by atoms with Gasteiger partial charge in [0.05, 0.1) is 11.9 Å². The molecule has 0 spiro atoms. The predicted molar refractivity (Wildman–Crippen MR) is 68.8 cm³/mol. The van der Waals surface area contributed by atoms with Gasteiger partial charge in [0, 0.05) is 5.56 Å². The van der Waals surface area contributed by atoms with Crippen molar-refractivity contribution in [2.45, 2.75) is 0 Å². The molecule has 0 aliphatic heterocycles. The Hall–Kier alpha value is -2.69. The van der Waals surface area contributed by atoms with Crippen molar-refractivity contribution in [2.24, 2.45) is 0 Å². The molecule has 88 valence electrons. The lowest BCUT2D eigenvalue weighted by atomic mass is 10.1. The number of aromatic nitrogens is 3. The fraction of sp³-hybridized carbons (Fsp3) is 0. The van der Waals surface area contributed by atoms with Crippen molar-refractivity contribution in [3.8, 4) is 17.0 Å². The second-order valence-corrected chi connectivity index (χ2v) is 3.88. The Kier molecular flexibility index (Phi) is 2.30. The standard InChI is InChI=1S/C13H10N4O/c14-12-6-5-10-13(17-12)16-11(7-15-10)8-1-3-9(18)4-2-8/h1-7,18H,(H2,14,16,17). The molecule has 2 aromatic heterocycles. The van der Waals surface area contributed by atoms with E-state index in [1.807, 2.05) is 0 Å². The van der Waals surface area contributed by atoms with Gasteiger partial charge in [-0.05, 0) is 36.4 Å². The molecule has 0 radical (unpaired) electrons. The Bertz CT molecular complexity index is 710. The zero-order chi connectivity index (χ0) is 12.5. The van der Waals surface area contributed by atoms with Crippen LogP contribution < -0.4 is 5.73 Å². The summed E-state index contributed by atoms with van der Waals surface area (Å²) in [5.74, 6) is 0.634. The molecule has 0 aliphatic carbocycles. The Morgan fingerprint density at radius 1 is 0.944 bits per heavy atom. The van der Waals surface area contributed by atoms with Crippen LogP contribution in [0.25, 0.3) is 22.4 Å². The molecular formula is C13H10N4O. The molecule has 0 amide bonds. The van der Waals surface area contributed by atoms with Crippen LogP contribution in [0.3, 0.4) is 0 Å². The molecular weight excluding hydrogens is 228 g/mol. The molecule has 0 fully saturated rings. The molecule has 3 rings (SSSR count). The van der Waals surface area contributed by atoms with Crippen LogP contribution in [0, 0.1) is 0 Å². The van der Waals surface area contributed by atoms with Gasteiger partial charge >= 0.3 is 0 Å². The summed E-state index contributed by atoms with van der Waals surface area (Å²) in [6.45, 7) is 0. The molecule has 5 nitrogen and oxygen atoms in total. The molecule has 5 heteroatoms. The zero-order valence-electron chi connectivity index (χ0n) is 9.41. The van der Waals surface area contributed by atoms with E-state index in [1.165, 1.54) is 0 Å². The fourth-order valence-corrected chi connectivity index (χ4v) is 1.68. The second-order valence-electron chi connectivity index (χ2n) is 3.88. The van der Waals surface area contributed by atoms with Crippen LogP contribution >= 0.6 is 0 Å². The van der Waals surface area contributed by atoms with E-state index < -0.39 is 0 Å². The van der Waals surface area contributed by atoms with Crippen LogP contribution in [0.5, 0.6) is 5.75 Å². The summed E-state index contributed by atoms with van der Waals surface area (Å²) in [7, 11) is 0. The van der Waals surface area contributed by atoms with Crippen molar-refractivity contribution in [3.63, 3.8) is 0 Å². The van der Waals surface area contributed by atoms with E-state index in [9.17, 15) is 5.11 Å². The smallest absolute Gasteiger partial charge is 0.180 e. The lowest BCUT2D eigenvalue weighted by Crippen LogP contribution is -1.94. The van der Waals surface area contributed by atoms with Gasteiger partial charge in [-0.15, -0.1) is 0 Å². The number of anilines is 1. The number of nitrogen functional groups attached to an aromatic ring is 1. The summed E-state index contributed by atoms with van der Waals surface area (Å²) in [6, 6.07) is 10.2. The molecule has 0 unspecified atom stereocenters. The van der Waals surface area contributed by atoms with Gasteiger partial charge in [0.15, 0.2) is 5.65 Å². The first kappa shape index (κ1) is 10.5. The van der Waals surface area contributed by atoms with Crippen LogP contribution in [0.1, 0.15) is 0 Å². The van der Waals surface area contributed by atoms with E-state index in [0.29, 0.717) is 22.7 Å². The second kappa shape index (κ2) is 3.96. The van der Waals surface area contributed by atoms with Crippen molar-refractivity contribution in [1.29, 1.82) is 0 Å². The third kappa shape index (κ3) is 1.82. The van der Waals surface area contributed by atoms with Crippen LogP contribution in [-0.4, -0.2) is 20.1 Å². The Balaban J connectivity index is 2.15. The molecule has 0 saturated carbocycles. The average molecular weight is 238 g/mol. The van der Waals surface area contributed by atoms with Crippen LogP contribution in [-0.2, 0) is 0 Å². The lowest BCUT2D eigenvalue weighted by molar-refractivity contribution is 0.475. The van der Waals surface area contributed by atoms with E-state index in [4.69, 9.17) is 5.73 Å². The monoisotopic (exact) mass is 238 g/mol. The van der Waals surface area contributed by atoms with Crippen molar-refractivity contribution >= 4 is 17.0 Å². The fourth-order valence-electron chi connectivity index (χ4n) is 1.68. The Morgan fingerprint density at radius 3 is 2.50 bits per heavy atom. The van der Waals surface area contributed by atoms with Gasteiger partial charge in [0.1, 0.15) is 17.1 Å². The quantitative estimate of drug-likeness (QED) is 0.677. The molecule has 3 N–H and O–H groups in total. The summed E-state index contributed by atoms with van der Waals surface area (Å²) in [5, 5.41) is 9.25. The number of phenols is 1. The van der Waals surface area contributed by atoms with E-state index >= 15 is 0 Å².